The van der Waals surface area contributed by atoms with Crippen molar-refractivity contribution >= 4 is 5.91 Å². The lowest BCUT2D eigenvalue weighted by Gasteiger charge is -2.38. The maximum atomic E-state index is 13.2. The number of amides is 1. The zero-order chi connectivity index (χ0) is 19.7. The molecule has 2 aliphatic heterocycles. The Labute approximate surface area is 165 Å². The van der Waals surface area contributed by atoms with Gasteiger partial charge in [0.25, 0.3) is 5.91 Å². The van der Waals surface area contributed by atoms with Crippen molar-refractivity contribution in [1.29, 1.82) is 0 Å². The molecule has 1 aromatic carbocycles. The summed E-state index contributed by atoms with van der Waals surface area (Å²) < 4.78 is 18.4. The number of benzene rings is 1. The van der Waals surface area contributed by atoms with Gasteiger partial charge in [0.15, 0.2) is 0 Å². The minimum absolute atomic E-state index is 0.0383. The maximum absolute atomic E-state index is 13.2. The molecule has 0 saturated carbocycles. The van der Waals surface area contributed by atoms with Gasteiger partial charge in [-0.1, -0.05) is 17.3 Å². The summed E-state index contributed by atoms with van der Waals surface area (Å²) in [6.45, 7) is 7.06. The maximum Gasteiger partial charge on any atom is 0.259 e. The molecule has 1 aromatic heterocycles. The molecule has 0 unspecified atom stereocenters. The fraction of sp³-hybridized carbons (Fsp3) is 0.545. The van der Waals surface area contributed by atoms with Gasteiger partial charge in [-0.3, -0.25) is 9.69 Å². The van der Waals surface area contributed by atoms with E-state index in [4.69, 9.17) is 4.52 Å². The molecule has 2 aromatic rings. The first kappa shape index (κ1) is 19.1. The minimum atomic E-state index is -0.192. The van der Waals surface area contributed by atoms with Crippen molar-refractivity contribution in [3.63, 3.8) is 0 Å². The number of hydrogen-bond donors (Lipinski definition) is 0. The zero-order valence-corrected chi connectivity index (χ0v) is 16.7. The Morgan fingerprint density at radius 3 is 2.50 bits per heavy atom. The van der Waals surface area contributed by atoms with Crippen LogP contribution in [0.5, 0.6) is 0 Å². The lowest BCUT2D eigenvalue weighted by Crippen LogP contribution is -2.44. The van der Waals surface area contributed by atoms with Gasteiger partial charge >= 0.3 is 0 Å². The van der Waals surface area contributed by atoms with Gasteiger partial charge in [-0.05, 0) is 70.2 Å². The van der Waals surface area contributed by atoms with E-state index in [1.54, 1.807) is 6.92 Å². The largest absolute Gasteiger partial charge is 0.361 e. The van der Waals surface area contributed by atoms with Crippen molar-refractivity contribution in [2.24, 2.45) is 0 Å². The van der Waals surface area contributed by atoms with Crippen LogP contribution in [0.1, 0.15) is 59.5 Å². The minimum Gasteiger partial charge on any atom is -0.361 e. The number of rotatable bonds is 3. The summed E-state index contributed by atoms with van der Waals surface area (Å²) in [5.74, 6) is 0.444. The molecule has 1 amide bonds. The number of hydrogen-bond acceptors (Lipinski definition) is 4. The number of aryl methyl sites for hydroxylation is 2. The number of carbonyl (C=O) groups is 1. The highest BCUT2D eigenvalue weighted by Gasteiger charge is 2.42. The highest BCUT2D eigenvalue weighted by atomic mass is 19.1. The molecular weight excluding hydrogens is 357 g/mol. The van der Waals surface area contributed by atoms with Crippen LogP contribution in [-0.4, -0.2) is 46.0 Å². The molecule has 0 bridgehead atoms. The Bertz CT molecular complexity index is 828. The zero-order valence-electron chi connectivity index (χ0n) is 16.7. The van der Waals surface area contributed by atoms with Gasteiger partial charge in [-0.2, -0.15) is 0 Å². The summed E-state index contributed by atoms with van der Waals surface area (Å²) in [5, 5.41) is 3.93. The Hall–Kier alpha value is -2.21. The molecule has 2 saturated heterocycles. The molecule has 5 nitrogen and oxygen atoms in total. The molecule has 1 spiro atoms. The van der Waals surface area contributed by atoms with Crippen molar-refractivity contribution in [3.8, 4) is 0 Å². The summed E-state index contributed by atoms with van der Waals surface area (Å²) in [5.41, 5.74) is 2.57. The summed E-state index contributed by atoms with van der Waals surface area (Å²) in [7, 11) is 0. The van der Waals surface area contributed by atoms with Crippen LogP contribution in [0, 0.1) is 19.7 Å². The van der Waals surface area contributed by atoms with Crippen LogP contribution < -0.4 is 0 Å². The smallest absolute Gasteiger partial charge is 0.259 e. The second-order valence-corrected chi connectivity index (χ2v) is 8.22. The van der Waals surface area contributed by atoms with Crippen LogP contribution in [-0.2, 0) is 6.54 Å². The van der Waals surface area contributed by atoms with Crippen LogP contribution in [0.4, 0.5) is 4.39 Å². The topological polar surface area (TPSA) is 49.6 Å². The summed E-state index contributed by atoms with van der Waals surface area (Å²) in [4.78, 5) is 17.6. The second-order valence-electron chi connectivity index (χ2n) is 8.22. The van der Waals surface area contributed by atoms with E-state index in [0.717, 1.165) is 51.0 Å². The normalized spacial score (nSPS) is 23.3. The molecule has 3 heterocycles. The molecule has 0 radical (unpaired) electrons. The second kappa shape index (κ2) is 7.66. The highest BCUT2D eigenvalue weighted by Crippen LogP contribution is 2.39. The standard InChI is InChI=1S/C22H28FN3O2/c1-16-20(17(2)28-24-16)21(27)25-12-3-9-22(11-14-25)10-4-13-26(22)15-18-5-7-19(23)8-6-18/h5-8H,3-4,9-15H2,1-2H3/t22-/m0/s1. The van der Waals surface area contributed by atoms with Crippen molar-refractivity contribution in [1.82, 2.24) is 15.0 Å². The van der Waals surface area contributed by atoms with Gasteiger partial charge in [0.05, 0.1) is 5.69 Å². The van der Waals surface area contributed by atoms with Crippen LogP contribution in [0.2, 0.25) is 0 Å². The van der Waals surface area contributed by atoms with E-state index in [1.165, 1.54) is 25.0 Å². The summed E-state index contributed by atoms with van der Waals surface area (Å²) >= 11 is 0. The van der Waals surface area contributed by atoms with Crippen LogP contribution in [0.25, 0.3) is 0 Å². The Morgan fingerprint density at radius 1 is 1.11 bits per heavy atom. The average Bonchev–Trinajstić information content (AvgIpc) is 3.13. The average molecular weight is 385 g/mol. The first-order valence-electron chi connectivity index (χ1n) is 10.2. The first-order valence-corrected chi connectivity index (χ1v) is 10.2. The van der Waals surface area contributed by atoms with Gasteiger partial charge in [0, 0.05) is 25.2 Å². The van der Waals surface area contributed by atoms with Gasteiger partial charge < -0.3 is 9.42 Å². The molecule has 6 heteroatoms. The fourth-order valence-electron chi connectivity index (χ4n) is 4.95. The van der Waals surface area contributed by atoms with E-state index in [1.807, 2.05) is 24.0 Å². The van der Waals surface area contributed by atoms with E-state index in [0.29, 0.717) is 17.0 Å². The Balaban J connectivity index is 1.47. The lowest BCUT2D eigenvalue weighted by atomic mass is 9.87. The van der Waals surface area contributed by atoms with E-state index in [9.17, 15) is 9.18 Å². The predicted octanol–water partition coefficient (Wildman–Crippen LogP) is 4.09. The molecular formula is C22H28FN3O2. The summed E-state index contributed by atoms with van der Waals surface area (Å²) in [6, 6.07) is 6.83. The van der Waals surface area contributed by atoms with E-state index in [2.05, 4.69) is 10.1 Å². The van der Waals surface area contributed by atoms with Crippen molar-refractivity contribution < 1.29 is 13.7 Å². The third kappa shape index (κ3) is 3.58. The molecule has 150 valence electrons. The molecule has 0 N–H and O–H groups in total. The van der Waals surface area contributed by atoms with Crippen LogP contribution >= 0.6 is 0 Å². The molecule has 4 rings (SSSR count). The lowest BCUT2D eigenvalue weighted by molar-refractivity contribution is 0.0736. The first-order chi connectivity index (χ1) is 13.5. The van der Waals surface area contributed by atoms with Gasteiger partial charge in [0.1, 0.15) is 17.1 Å². The van der Waals surface area contributed by atoms with Crippen LogP contribution in [0.3, 0.4) is 0 Å². The number of aromatic nitrogens is 1. The third-order valence-corrected chi connectivity index (χ3v) is 6.48. The van der Waals surface area contributed by atoms with Crippen molar-refractivity contribution in [3.05, 3.63) is 52.7 Å². The predicted molar refractivity (Wildman–Crippen MR) is 105 cm³/mol. The third-order valence-electron chi connectivity index (χ3n) is 6.48. The SMILES string of the molecule is Cc1noc(C)c1C(=O)N1CCC[C@]2(CCCN2Cc2ccc(F)cc2)CC1. The molecule has 0 aliphatic carbocycles. The molecule has 28 heavy (non-hydrogen) atoms. The van der Waals surface area contributed by atoms with Crippen LogP contribution in [0.15, 0.2) is 28.8 Å². The Kier molecular flexibility index (Phi) is 5.23. The van der Waals surface area contributed by atoms with E-state index in [-0.39, 0.29) is 17.3 Å². The van der Waals surface area contributed by atoms with Crippen molar-refractivity contribution in [2.75, 3.05) is 19.6 Å². The van der Waals surface area contributed by atoms with Crippen molar-refractivity contribution in [2.45, 2.75) is 58.0 Å². The van der Waals surface area contributed by atoms with Gasteiger partial charge in [-0.15, -0.1) is 0 Å². The van der Waals surface area contributed by atoms with E-state index < -0.39 is 0 Å². The van der Waals surface area contributed by atoms with Gasteiger partial charge in [-0.25, -0.2) is 4.39 Å². The monoisotopic (exact) mass is 385 g/mol. The fourth-order valence-corrected chi connectivity index (χ4v) is 4.95. The van der Waals surface area contributed by atoms with E-state index >= 15 is 0 Å². The number of likely N-dealkylation sites (tertiary alicyclic amines) is 2. The molecule has 2 fully saturated rings. The number of carbonyl (C=O) groups excluding carboxylic acids is 1. The Morgan fingerprint density at radius 2 is 1.82 bits per heavy atom. The number of nitrogens with zero attached hydrogens (tertiary/aromatic N) is 3. The molecule has 1 atom stereocenters. The quantitative estimate of drug-likeness (QED) is 0.798. The summed E-state index contributed by atoms with van der Waals surface area (Å²) in [6.07, 6.45) is 5.42. The molecule has 2 aliphatic rings. The van der Waals surface area contributed by atoms with Gasteiger partial charge in [0.2, 0.25) is 0 Å². The highest BCUT2D eigenvalue weighted by molar-refractivity contribution is 5.96. The number of halogens is 1.